The molecule has 2 amide bonds. The molecule has 0 radical (unpaired) electrons. The van der Waals surface area contributed by atoms with E-state index in [4.69, 9.17) is 0 Å². The van der Waals surface area contributed by atoms with E-state index in [0.717, 1.165) is 41.1 Å². The molecule has 0 bridgehead atoms. The first-order chi connectivity index (χ1) is 19.7. The van der Waals surface area contributed by atoms with E-state index in [9.17, 15) is 18.0 Å². The summed E-state index contributed by atoms with van der Waals surface area (Å²) in [6, 6.07) is 22.1. The lowest BCUT2D eigenvalue weighted by Crippen LogP contribution is -2.54. The molecule has 0 saturated heterocycles. The van der Waals surface area contributed by atoms with Gasteiger partial charge in [0.1, 0.15) is 12.6 Å². The third-order valence-electron chi connectivity index (χ3n) is 7.48. The Morgan fingerprint density at radius 3 is 2.32 bits per heavy atom. The van der Waals surface area contributed by atoms with Crippen LogP contribution in [0, 0.1) is 6.92 Å². The molecule has 1 fully saturated rings. The van der Waals surface area contributed by atoms with Gasteiger partial charge in [0.15, 0.2) is 0 Å². The number of carbonyl (C=O) groups is 2. The first-order valence-electron chi connectivity index (χ1n) is 14.2. The second kappa shape index (κ2) is 14.1. The molecule has 1 saturated carbocycles. The van der Waals surface area contributed by atoms with Gasteiger partial charge < -0.3 is 10.2 Å². The average Bonchev–Trinajstić information content (AvgIpc) is 2.96. The van der Waals surface area contributed by atoms with Crippen LogP contribution in [0.5, 0.6) is 0 Å². The summed E-state index contributed by atoms with van der Waals surface area (Å²) < 4.78 is 29.6. The number of anilines is 1. The van der Waals surface area contributed by atoms with Gasteiger partial charge in [0, 0.05) is 17.1 Å². The lowest BCUT2D eigenvalue weighted by atomic mass is 9.95. The number of halogens is 1. The van der Waals surface area contributed by atoms with Gasteiger partial charge in [-0.2, -0.15) is 0 Å². The zero-order valence-corrected chi connectivity index (χ0v) is 26.0. The topological polar surface area (TPSA) is 86.8 Å². The number of carbonyl (C=O) groups excluding carboxylic acids is 2. The number of aryl methyl sites for hydroxylation is 1. The smallest absolute Gasteiger partial charge is 0.264 e. The maximum atomic E-state index is 14.2. The molecule has 1 unspecified atom stereocenters. The number of hydrogen-bond donors (Lipinski definition) is 1. The number of nitrogens with zero attached hydrogens (tertiary/aromatic N) is 2. The third-order valence-corrected chi connectivity index (χ3v) is 9.76. The lowest BCUT2D eigenvalue weighted by molar-refractivity contribution is -0.140. The van der Waals surface area contributed by atoms with E-state index in [-0.39, 0.29) is 23.4 Å². The number of rotatable bonds is 11. The SMILES string of the molecule is CCC(C(=O)NC1CCCCC1)N(Cc1cccc(C)c1)C(=O)CN(c1cccc(Br)c1)S(=O)(=O)c1ccccc1. The predicted octanol–water partition coefficient (Wildman–Crippen LogP) is 6.21. The van der Waals surface area contributed by atoms with Gasteiger partial charge in [-0.15, -0.1) is 0 Å². The Morgan fingerprint density at radius 2 is 1.66 bits per heavy atom. The number of amides is 2. The van der Waals surface area contributed by atoms with E-state index in [1.807, 2.05) is 38.1 Å². The molecule has 1 aliphatic rings. The highest BCUT2D eigenvalue weighted by molar-refractivity contribution is 9.10. The summed E-state index contributed by atoms with van der Waals surface area (Å²) in [7, 11) is -4.09. The van der Waals surface area contributed by atoms with E-state index in [2.05, 4.69) is 21.2 Å². The fourth-order valence-corrected chi connectivity index (χ4v) is 7.16. The maximum absolute atomic E-state index is 14.2. The monoisotopic (exact) mass is 639 g/mol. The second-order valence-electron chi connectivity index (χ2n) is 10.6. The van der Waals surface area contributed by atoms with Crippen LogP contribution in [-0.2, 0) is 26.2 Å². The van der Waals surface area contributed by atoms with E-state index in [0.29, 0.717) is 16.6 Å². The normalized spacial score (nSPS) is 14.7. The minimum absolute atomic E-state index is 0.0834. The fraction of sp³-hybridized carbons (Fsp3) is 0.375. The largest absolute Gasteiger partial charge is 0.352 e. The summed E-state index contributed by atoms with van der Waals surface area (Å²) in [6.45, 7) is 3.60. The van der Waals surface area contributed by atoms with Crippen molar-refractivity contribution in [3.8, 4) is 0 Å². The Bertz CT molecular complexity index is 1440. The number of hydrogen-bond acceptors (Lipinski definition) is 4. The van der Waals surface area contributed by atoms with Gasteiger partial charge in [-0.25, -0.2) is 8.42 Å². The van der Waals surface area contributed by atoms with E-state index >= 15 is 0 Å². The summed E-state index contributed by atoms with van der Waals surface area (Å²) in [5, 5.41) is 3.18. The molecule has 0 aliphatic heterocycles. The second-order valence-corrected chi connectivity index (χ2v) is 13.4. The molecule has 4 rings (SSSR count). The fourth-order valence-electron chi connectivity index (χ4n) is 5.35. The first kappa shape index (κ1) is 30.8. The molecule has 0 aromatic heterocycles. The number of nitrogens with one attached hydrogen (secondary N) is 1. The van der Waals surface area contributed by atoms with Crippen LogP contribution in [0.2, 0.25) is 0 Å². The van der Waals surface area contributed by atoms with Gasteiger partial charge in [-0.3, -0.25) is 13.9 Å². The summed E-state index contributed by atoms with van der Waals surface area (Å²) in [6.07, 6.45) is 5.58. The summed E-state index contributed by atoms with van der Waals surface area (Å²) in [4.78, 5) is 29.4. The van der Waals surface area contributed by atoms with Crippen molar-refractivity contribution in [1.82, 2.24) is 10.2 Å². The van der Waals surface area contributed by atoms with Crippen LogP contribution in [-0.4, -0.2) is 43.8 Å². The highest BCUT2D eigenvalue weighted by Crippen LogP contribution is 2.27. The third kappa shape index (κ3) is 7.98. The van der Waals surface area contributed by atoms with Crippen LogP contribution in [0.25, 0.3) is 0 Å². The van der Waals surface area contributed by atoms with Crippen LogP contribution >= 0.6 is 15.9 Å². The number of sulfonamides is 1. The van der Waals surface area contributed by atoms with Crippen molar-refractivity contribution in [2.75, 3.05) is 10.8 Å². The molecular weight excluding hydrogens is 602 g/mol. The molecule has 0 heterocycles. The van der Waals surface area contributed by atoms with E-state index in [1.54, 1.807) is 47.4 Å². The standard InChI is InChI=1S/C32H38BrN3O4S/c1-3-30(32(38)34-27-15-6-4-7-16-27)35(22-25-13-10-12-24(2)20-25)31(37)23-36(28-17-11-14-26(33)21-28)41(39,40)29-18-8-5-9-19-29/h5,8-14,17-21,27,30H,3-4,6-7,15-16,22-23H2,1-2H3,(H,34,38). The molecule has 1 atom stereocenters. The van der Waals surface area contributed by atoms with Crippen LogP contribution in [0.3, 0.4) is 0 Å². The molecule has 7 nitrogen and oxygen atoms in total. The van der Waals surface area contributed by atoms with Crippen molar-refractivity contribution < 1.29 is 18.0 Å². The average molecular weight is 641 g/mol. The van der Waals surface area contributed by atoms with Gasteiger partial charge in [-0.05, 0) is 62.1 Å². The van der Waals surface area contributed by atoms with E-state index < -0.39 is 28.5 Å². The Morgan fingerprint density at radius 1 is 0.951 bits per heavy atom. The van der Waals surface area contributed by atoms with Crippen molar-refractivity contribution in [3.63, 3.8) is 0 Å². The molecular formula is C32H38BrN3O4S. The van der Waals surface area contributed by atoms with Crippen LogP contribution in [0.4, 0.5) is 5.69 Å². The van der Waals surface area contributed by atoms with Gasteiger partial charge >= 0.3 is 0 Å². The summed E-state index contributed by atoms with van der Waals surface area (Å²) in [5.74, 6) is -0.642. The van der Waals surface area contributed by atoms with Crippen molar-refractivity contribution in [3.05, 3.63) is 94.5 Å². The molecule has 41 heavy (non-hydrogen) atoms. The Hall–Kier alpha value is -3.17. The molecule has 218 valence electrons. The molecule has 1 N–H and O–H groups in total. The Balaban J connectivity index is 1.70. The molecule has 1 aliphatic carbocycles. The van der Waals surface area contributed by atoms with Gasteiger partial charge in [0.25, 0.3) is 10.0 Å². The van der Waals surface area contributed by atoms with Crippen LogP contribution < -0.4 is 9.62 Å². The van der Waals surface area contributed by atoms with Crippen molar-refractivity contribution in [2.24, 2.45) is 0 Å². The zero-order valence-electron chi connectivity index (χ0n) is 23.6. The number of benzene rings is 3. The molecule has 3 aromatic carbocycles. The highest BCUT2D eigenvalue weighted by Gasteiger charge is 2.34. The molecule has 9 heteroatoms. The minimum atomic E-state index is -4.09. The Labute approximate surface area is 252 Å². The molecule has 0 spiro atoms. The summed E-state index contributed by atoms with van der Waals surface area (Å²) >= 11 is 3.43. The minimum Gasteiger partial charge on any atom is -0.352 e. The van der Waals surface area contributed by atoms with Crippen molar-refractivity contribution in [1.29, 1.82) is 0 Å². The van der Waals surface area contributed by atoms with Gasteiger partial charge in [-0.1, -0.05) is 96.2 Å². The summed E-state index contributed by atoms with van der Waals surface area (Å²) in [5.41, 5.74) is 2.27. The van der Waals surface area contributed by atoms with Crippen LogP contribution in [0.1, 0.15) is 56.6 Å². The van der Waals surface area contributed by atoms with E-state index in [1.165, 1.54) is 18.6 Å². The lowest BCUT2D eigenvalue weighted by Gasteiger charge is -2.34. The van der Waals surface area contributed by atoms with Crippen LogP contribution in [0.15, 0.2) is 88.2 Å². The highest BCUT2D eigenvalue weighted by atomic mass is 79.9. The van der Waals surface area contributed by atoms with Gasteiger partial charge in [0.05, 0.1) is 10.6 Å². The zero-order chi connectivity index (χ0) is 29.4. The quantitative estimate of drug-likeness (QED) is 0.270. The van der Waals surface area contributed by atoms with Crippen molar-refractivity contribution >= 4 is 43.5 Å². The van der Waals surface area contributed by atoms with Gasteiger partial charge in [0.2, 0.25) is 11.8 Å². The predicted molar refractivity (Wildman–Crippen MR) is 166 cm³/mol. The molecule has 3 aromatic rings. The first-order valence-corrected chi connectivity index (χ1v) is 16.4. The maximum Gasteiger partial charge on any atom is 0.264 e. The van der Waals surface area contributed by atoms with Crippen molar-refractivity contribution in [2.45, 2.75) is 75.9 Å². The Kier molecular flexibility index (Phi) is 10.6.